The van der Waals surface area contributed by atoms with Crippen molar-refractivity contribution in [2.24, 2.45) is 0 Å². The minimum Gasteiger partial charge on any atom is -0.363 e. The first kappa shape index (κ1) is 10.4. The van der Waals surface area contributed by atoms with Crippen molar-refractivity contribution in [3.63, 3.8) is 0 Å². The van der Waals surface area contributed by atoms with E-state index in [1.807, 2.05) is 14.0 Å². The Labute approximate surface area is 96.1 Å². The van der Waals surface area contributed by atoms with Crippen molar-refractivity contribution >= 4 is 28.1 Å². The molecule has 0 bridgehead atoms. The van der Waals surface area contributed by atoms with E-state index in [9.17, 15) is 0 Å². The number of rotatable bonds is 3. The first-order chi connectivity index (χ1) is 7.19. The van der Waals surface area contributed by atoms with Crippen molar-refractivity contribution in [1.82, 2.24) is 20.0 Å². The molecule has 0 aliphatic heterocycles. The summed E-state index contributed by atoms with van der Waals surface area (Å²) in [5, 5.41) is 17.5. The topological polar surface area (TPSA) is 55.6 Å². The fourth-order valence-corrected chi connectivity index (χ4v) is 1.97. The van der Waals surface area contributed by atoms with Crippen LogP contribution in [-0.2, 0) is 6.54 Å². The Kier molecular flexibility index (Phi) is 2.88. The molecule has 0 aromatic carbocycles. The number of anilines is 1. The van der Waals surface area contributed by atoms with Gasteiger partial charge in [-0.3, -0.25) is 4.68 Å². The van der Waals surface area contributed by atoms with E-state index in [1.54, 1.807) is 10.9 Å². The maximum atomic E-state index is 5.90. The minimum absolute atomic E-state index is 0.604. The summed E-state index contributed by atoms with van der Waals surface area (Å²) in [4.78, 5) is 0. The number of aryl methyl sites for hydroxylation is 1. The first-order valence-electron chi connectivity index (χ1n) is 4.38. The molecule has 0 spiro atoms. The van der Waals surface area contributed by atoms with Gasteiger partial charge in [0.05, 0.1) is 17.3 Å². The summed E-state index contributed by atoms with van der Waals surface area (Å²) in [7, 11) is 1.82. The van der Waals surface area contributed by atoms with E-state index in [-0.39, 0.29) is 0 Å². The Hall–Kier alpha value is -1.14. The van der Waals surface area contributed by atoms with Crippen LogP contribution in [0.4, 0.5) is 5.13 Å². The largest absolute Gasteiger partial charge is 0.363 e. The predicted octanol–water partition coefficient (Wildman–Crippen LogP) is 1.79. The summed E-state index contributed by atoms with van der Waals surface area (Å²) in [5.74, 6) is 0. The van der Waals surface area contributed by atoms with Crippen LogP contribution in [0, 0.1) is 6.92 Å². The molecular weight excluding hydrogens is 234 g/mol. The normalized spacial score (nSPS) is 10.6. The second-order valence-corrected chi connectivity index (χ2v) is 4.48. The van der Waals surface area contributed by atoms with Gasteiger partial charge in [0.15, 0.2) is 0 Å². The third-order valence-corrected chi connectivity index (χ3v) is 3.16. The Balaban J connectivity index is 2.14. The molecule has 0 saturated carbocycles. The van der Waals surface area contributed by atoms with Crippen LogP contribution in [-0.4, -0.2) is 27.0 Å². The lowest BCUT2D eigenvalue weighted by Gasteiger charge is -1.94. The maximum absolute atomic E-state index is 5.90. The molecule has 80 valence electrons. The average Bonchev–Trinajstić information content (AvgIpc) is 2.76. The van der Waals surface area contributed by atoms with Gasteiger partial charge in [0.2, 0.25) is 5.13 Å². The van der Waals surface area contributed by atoms with Gasteiger partial charge in [0, 0.05) is 13.2 Å². The zero-order chi connectivity index (χ0) is 10.8. The Morgan fingerprint density at radius 2 is 2.33 bits per heavy atom. The molecule has 0 aliphatic carbocycles. The van der Waals surface area contributed by atoms with Crippen LogP contribution < -0.4 is 5.32 Å². The van der Waals surface area contributed by atoms with Gasteiger partial charge in [-0.2, -0.15) is 5.10 Å². The molecule has 1 N–H and O–H groups in total. The van der Waals surface area contributed by atoms with Crippen molar-refractivity contribution in [1.29, 1.82) is 0 Å². The summed E-state index contributed by atoms with van der Waals surface area (Å²) >= 11 is 7.41. The number of hydrogen-bond donors (Lipinski definition) is 1. The fourth-order valence-electron chi connectivity index (χ4n) is 1.13. The van der Waals surface area contributed by atoms with E-state index >= 15 is 0 Å². The van der Waals surface area contributed by atoms with E-state index in [1.165, 1.54) is 11.3 Å². The second kappa shape index (κ2) is 4.16. The van der Waals surface area contributed by atoms with Crippen molar-refractivity contribution in [3.05, 3.63) is 21.9 Å². The molecule has 0 fully saturated rings. The third kappa shape index (κ3) is 2.27. The predicted molar refractivity (Wildman–Crippen MR) is 60.5 cm³/mol. The lowest BCUT2D eigenvalue weighted by atomic mass is 10.5. The van der Waals surface area contributed by atoms with Crippen LogP contribution >= 0.6 is 22.9 Å². The second-order valence-electron chi connectivity index (χ2n) is 3.01. The Morgan fingerprint density at radius 3 is 2.87 bits per heavy atom. The Bertz CT molecular complexity index is 444. The van der Waals surface area contributed by atoms with Gasteiger partial charge in [-0.1, -0.05) is 22.9 Å². The van der Waals surface area contributed by atoms with Crippen LogP contribution in [0.15, 0.2) is 6.20 Å². The number of hydrogen-bond acceptors (Lipinski definition) is 5. The van der Waals surface area contributed by atoms with Gasteiger partial charge in [-0.25, -0.2) is 0 Å². The zero-order valence-corrected chi connectivity index (χ0v) is 9.93. The molecule has 0 saturated heterocycles. The van der Waals surface area contributed by atoms with Crippen LogP contribution in [0.2, 0.25) is 5.02 Å². The SMILES string of the molecule is CNc1nnc(Cn2cc(Cl)c(C)n2)s1. The van der Waals surface area contributed by atoms with Crippen molar-refractivity contribution in [3.8, 4) is 0 Å². The maximum Gasteiger partial charge on any atom is 0.205 e. The summed E-state index contributed by atoms with van der Waals surface area (Å²) in [6.07, 6.45) is 1.79. The Morgan fingerprint density at radius 1 is 1.53 bits per heavy atom. The van der Waals surface area contributed by atoms with E-state index in [0.717, 1.165) is 15.8 Å². The molecule has 0 unspecified atom stereocenters. The minimum atomic E-state index is 0.604. The van der Waals surface area contributed by atoms with E-state index < -0.39 is 0 Å². The number of nitrogens with one attached hydrogen (secondary N) is 1. The van der Waals surface area contributed by atoms with Gasteiger partial charge in [0.25, 0.3) is 0 Å². The molecule has 2 rings (SSSR count). The summed E-state index contributed by atoms with van der Waals surface area (Å²) < 4.78 is 1.76. The highest BCUT2D eigenvalue weighted by Crippen LogP contribution is 2.17. The smallest absolute Gasteiger partial charge is 0.205 e. The highest BCUT2D eigenvalue weighted by atomic mass is 35.5. The highest BCUT2D eigenvalue weighted by molar-refractivity contribution is 7.15. The van der Waals surface area contributed by atoms with Crippen molar-refractivity contribution in [2.45, 2.75) is 13.5 Å². The molecule has 2 aromatic rings. The van der Waals surface area contributed by atoms with Crippen LogP contribution in [0.3, 0.4) is 0 Å². The molecule has 2 heterocycles. The van der Waals surface area contributed by atoms with Gasteiger partial charge in [0.1, 0.15) is 5.01 Å². The molecule has 5 nitrogen and oxygen atoms in total. The van der Waals surface area contributed by atoms with Crippen molar-refractivity contribution < 1.29 is 0 Å². The number of nitrogens with zero attached hydrogens (tertiary/aromatic N) is 4. The van der Waals surface area contributed by atoms with Crippen LogP contribution in [0.25, 0.3) is 0 Å². The standard InChI is InChI=1S/C8H10ClN5S/c1-5-6(9)3-14(13-5)4-7-11-12-8(10-2)15-7/h3H,4H2,1-2H3,(H,10,12). The summed E-state index contributed by atoms with van der Waals surface area (Å²) in [6, 6.07) is 0. The van der Waals surface area contributed by atoms with Crippen LogP contribution in [0.5, 0.6) is 0 Å². The number of halogens is 1. The molecule has 0 amide bonds. The number of aromatic nitrogens is 4. The van der Waals surface area contributed by atoms with Crippen LogP contribution in [0.1, 0.15) is 10.7 Å². The summed E-state index contributed by atoms with van der Waals surface area (Å²) in [5.41, 5.74) is 0.829. The van der Waals surface area contributed by atoms with Gasteiger partial charge in [-0.05, 0) is 6.92 Å². The van der Waals surface area contributed by atoms with E-state index in [2.05, 4.69) is 20.6 Å². The first-order valence-corrected chi connectivity index (χ1v) is 5.58. The molecule has 0 aliphatic rings. The average molecular weight is 244 g/mol. The lowest BCUT2D eigenvalue weighted by molar-refractivity contribution is 0.670. The van der Waals surface area contributed by atoms with Gasteiger partial charge >= 0.3 is 0 Å². The molecule has 2 aromatic heterocycles. The summed E-state index contributed by atoms with van der Waals surface area (Å²) in [6.45, 7) is 2.48. The molecule has 7 heteroatoms. The van der Waals surface area contributed by atoms with E-state index in [0.29, 0.717) is 11.6 Å². The molecule has 0 atom stereocenters. The van der Waals surface area contributed by atoms with Gasteiger partial charge < -0.3 is 5.32 Å². The zero-order valence-electron chi connectivity index (χ0n) is 8.36. The molecule has 15 heavy (non-hydrogen) atoms. The third-order valence-electron chi connectivity index (χ3n) is 1.86. The van der Waals surface area contributed by atoms with E-state index in [4.69, 9.17) is 11.6 Å². The van der Waals surface area contributed by atoms with Gasteiger partial charge in [-0.15, -0.1) is 10.2 Å². The molecular formula is C8H10ClN5S. The lowest BCUT2D eigenvalue weighted by Crippen LogP contribution is -1.99. The highest BCUT2D eigenvalue weighted by Gasteiger charge is 2.06. The monoisotopic (exact) mass is 243 g/mol. The quantitative estimate of drug-likeness (QED) is 0.893. The fraction of sp³-hybridized carbons (Fsp3) is 0.375. The molecule has 0 radical (unpaired) electrons. The van der Waals surface area contributed by atoms with Crippen molar-refractivity contribution in [2.75, 3.05) is 12.4 Å².